The Morgan fingerprint density at radius 1 is 1.29 bits per heavy atom. The monoisotopic (exact) mass is 354 g/mol. The van der Waals surface area contributed by atoms with Crippen LogP contribution in [0.4, 0.5) is 0 Å². The molecule has 1 amide bonds. The van der Waals surface area contributed by atoms with Gasteiger partial charge in [0.2, 0.25) is 15.9 Å². The van der Waals surface area contributed by atoms with E-state index in [1.54, 1.807) is 0 Å². The van der Waals surface area contributed by atoms with Gasteiger partial charge in [-0.2, -0.15) is 4.31 Å². The molecule has 0 saturated carbocycles. The molecule has 1 aliphatic rings. The second-order valence-electron chi connectivity index (χ2n) is 6.41. The van der Waals surface area contributed by atoms with E-state index in [0.717, 1.165) is 5.56 Å². The maximum Gasteiger partial charge on any atom is 0.220 e. The first-order chi connectivity index (χ1) is 11.2. The lowest BCUT2D eigenvalue weighted by atomic mass is 10.0. The van der Waals surface area contributed by atoms with Crippen LogP contribution >= 0.6 is 0 Å². The van der Waals surface area contributed by atoms with Crippen molar-refractivity contribution in [2.75, 3.05) is 32.5 Å². The lowest BCUT2D eigenvalue weighted by Crippen LogP contribution is -2.49. The molecule has 0 spiro atoms. The molecular formula is C17H26N2O4S. The number of nitrogens with one attached hydrogen (secondary N) is 1. The van der Waals surface area contributed by atoms with Gasteiger partial charge in [-0.1, -0.05) is 29.3 Å². The van der Waals surface area contributed by atoms with Crippen LogP contribution in [-0.4, -0.2) is 57.2 Å². The van der Waals surface area contributed by atoms with E-state index in [9.17, 15) is 13.2 Å². The summed E-state index contributed by atoms with van der Waals surface area (Å²) < 4.78 is 30.1. The van der Waals surface area contributed by atoms with Crippen LogP contribution in [0.2, 0.25) is 0 Å². The lowest BCUT2D eigenvalue weighted by Gasteiger charge is -2.31. The standard InChI is InChI=1S/C17H26N2O4S/c1-13-8-14(2)10-15(9-13)4-5-17(20)18-11-16-12-19(6-7-23-16)24(3,21)22/h8-10,16H,4-7,11-12H2,1-3H3,(H,18,20). The minimum absolute atomic E-state index is 0.0470. The van der Waals surface area contributed by atoms with Gasteiger partial charge < -0.3 is 10.1 Å². The molecule has 1 N–H and O–H groups in total. The maximum atomic E-state index is 12.0. The number of morpholine rings is 1. The highest BCUT2D eigenvalue weighted by Crippen LogP contribution is 2.11. The first-order valence-corrected chi connectivity index (χ1v) is 9.99. The smallest absolute Gasteiger partial charge is 0.220 e. The molecule has 1 aromatic carbocycles. The van der Waals surface area contributed by atoms with E-state index in [4.69, 9.17) is 4.74 Å². The van der Waals surface area contributed by atoms with Gasteiger partial charge in [-0.05, 0) is 25.8 Å². The van der Waals surface area contributed by atoms with E-state index in [0.29, 0.717) is 32.5 Å². The minimum atomic E-state index is -3.21. The summed E-state index contributed by atoms with van der Waals surface area (Å²) >= 11 is 0. The van der Waals surface area contributed by atoms with E-state index in [2.05, 4.69) is 23.5 Å². The Kier molecular flexibility index (Phi) is 6.37. The molecule has 0 aliphatic carbocycles. The molecular weight excluding hydrogens is 328 g/mol. The molecule has 7 heteroatoms. The summed E-state index contributed by atoms with van der Waals surface area (Å²) in [4.78, 5) is 12.0. The SMILES string of the molecule is Cc1cc(C)cc(CCC(=O)NCC2CN(S(C)(=O)=O)CCO2)c1. The number of carbonyl (C=O) groups is 1. The quantitative estimate of drug-likeness (QED) is 0.827. The zero-order valence-corrected chi connectivity index (χ0v) is 15.4. The first-order valence-electron chi connectivity index (χ1n) is 8.14. The third-order valence-corrected chi connectivity index (χ3v) is 5.29. The average Bonchev–Trinajstić information content (AvgIpc) is 2.49. The number of rotatable bonds is 6. The van der Waals surface area contributed by atoms with Gasteiger partial charge in [0.1, 0.15) is 0 Å². The molecule has 6 nitrogen and oxygen atoms in total. The van der Waals surface area contributed by atoms with Crippen molar-refractivity contribution in [3.8, 4) is 0 Å². The Balaban J connectivity index is 1.76. The van der Waals surface area contributed by atoms with Crippen molar-refractivity contribution in [1.82, 2.24) is 9.62 Å². The number of sulfonamides is 1. The Morgan fingerprint density at radius 3 is 2.58 bits per heavy atom. The average molecular weight is 354 g/mol. The summed E-state index contributed by atoms with van der Waals surface area (Å²) in [6, 6.07) is 6.29. The van der Waals surface area contributed by atoms with Crippen LogP contribution in [0.15, 0.2) is 18.2 Å². The Bertz CT molecular complexity index is 668. The Labute approximate surface area is 144 Å². The van der Waals surface area contributed by atoms with E-state index in [1.807, 2.05) is 13.8 Å². The number of ether oxygens (including phenoxy) is 1. The summed E-state index contributed by atoms with van der Waals surface area (Å²) in [5.74, 6) is -0.0470. The number of amides is 1. The van der Waals surface area contributed by atoms with Crippen molar-refractivity contribution >= 4 is 15.9 Å². The van der Waals surface area contributed by atoms with E-state index < -0.39 is 10.0 Å². The molecule has 1 saturated heterocycles. The number of benzene rings is 1. The molecule has 2 rings (SSSR count). The summed E-state index contributed by atoms with van der Waals surface area (Å²) in [6.45, 7) is 5.44. The number of hydrogen-bond donors (Lipinski definition) is 1. The van der Waals surface area contributed by atoms with Gasteiger partial charge in [0, 0.05) is 26.1 Å². The largest absolute Gasteiger partial charge is 0.374 e. The van der Waals surface area contributed by atoms with Crippen LogP contribution < -0.4 is 5.32 Å². The van der Waals surface area contributed by atoms with Gasteiger partial charge >= 0.3 is 0 Å². The van der Waals surface area contributed by atoms with Gasteiger partial charge in [0.15, 0.2) is 0 Å². The van der Waals surface area contributed by atoms with Gasteiger partial charge in [-0.25, -0.2) is 8.42 Å². The van der Waals surface area contributed by atoms with Crippen molar-refractivity contribution in [3.05, 3.63) is 34.9 Å². The van der Waals surface area contributed by atoms with E-state index in [1.165, 1.54) is 21.7 Å². The van der Waals surface area contributed by atoms with Gasteiger partial charge in [-0.3, -0.25) is 4.79 Å². The molecule has 0 aromatic heterocycles. The number of nitrogens with zero attached hydrogens (tertiary/aromatic N) is 1. The number of aryl methyl sites for hydroxylation is 3. The van der Waals surface area contributed by atoms with Crippen LogP contribution in [0, 0.1) is 13.8 Å². The number of hydrogen-bond acceptors (Lipinski definition) is 4. The molecule has 1 aromatic rings. The fourth-order valence-corrected chi connectivity index (χ4v) is 3.75. The molecule has 24 heavy (non-hydrogen) atoms. The summed E-state index contributed by atoms with van der Waals surface area (Å²) in [7, 11) is -3.21. The topological polar surface area (TPSA) is 75.7 Å². The van der Waals surface area contributed by atoms with Crippen LogP contribution in [-0.2, 0) is 26.0 Å². The molecule has 0 radical (unpaired) electrons. The van der Waals surface area contributed by atoms with Crippen molar-refractivity contribution < 1.29 is 17.9 Å². The highest BCUT2D eigenvalue weighted by Gasteiger charge is 2.26. The van der Waals surface area contributed by atoms with Crippen molar-refractivity contribution in [1.29, 1.82) is 0 Å². The molecule has 1 fully saturated rings. The Morgan fingerprint density at radius 2 is 1.96 bits per heavy atom. The zero-order chi connectivity index (χ0) is 17.7. The molecule has 0 bridgehead atoms. The fourth-order valence-electron chi connectivity index (χ4n) is 2.90. The zero-order valence-electron chi connectivity index (χ0n) is 14.5. The second-order valence-corrected chi connectivity index (χ2v) is 8.40. The molecule has 1 aliphatic heterocycles. The van der Waals surface area contributed by atoms with E-state index >= 15 is 0 Å². The van der Waals surface area contributed by atoms with Crippen LogP contribution in [0.5, 0.6) is 0 Å². The highest BCUT2D eigenvalue weighted by atomic mass is 32.2. The van der Waals surface area contributed by atoms with Gasteiger partial charge in [-0.15, -0.1) is 0 Å². The maximum absolute atomic E-state index is 12.0. The first kappa shape index (κ1) is 18.9. The third kappa shape index (κ3) is 5.89. The molecule has 1 heterocycles. The highest BCUT2D eigenvalue weighted by molar-refractivity contribution is 7.88. The van der Waals surface area contributed by atoms with Crippen LogP contribution in [0.3, 0.4) is 0 Å². The van der Waals surface area contributed by atoms with Crippen molar-refractivity contribution in [2.45, 2.75) is 32.8 Å². The third-order valence-electron chi connectivity index (χ3n) is 4.02. The molecule has 134 valence electrons. The van der Waals surface area contributed by atoms with Gasteiger partial charge in [0.05, 0.1) is 19.0 Å². The Hall–Kier alpha value is -1.44. The minimum Gasteiger partial charge on any atom is -0.374 e. The molecule has 1 unspecified atom stereocenters. The molecule has 1 atom stereocenters. The normalized spacial score (nSPS) is 19.2. The van der Waals surface area contributed by atoms with Crippen LogP contribution in [0.1, 0.15) is 23.1 Å². The van der Waals surface area contributed by atoms with Crippen molar-refractivity contribution in [3.63, 3.8) is 0 Å². The summed E-state index contributed by atoms with van der Waals surface area (Å²) in [5.41, 5.74) is 3.54. The predicted octanol–water partition coefficient (Wildman–Crippen LogP) is 1.01. The number of carbonyl (C=O) groups excluding carboxylic acids is 1. The summed E-state index contributed by atoms with van der Waals surface area (Å²) in [6.07, 6.45) is 2.00. The summed E-state index contributed by atoms with van der Waals surface area (Å²) in [5, 5.41) is 2.84. The lowest BCUT2D eigenvalue weighted by molar-refractivity contribution is -0.122. The second kappa shape index (κ2) is 8.09. The fraction of sp³-hybridized carbons (Fsp3) is 0.588. The van der Waals surface area contributed by atoms with E-state index in [-0.39, 0.29) is 18.6 Å². The van der Waals surface area contributed by atoms with Crippen LogP contribution in [0.25, 0.3) is 0 Å². The van der Waals surface area contributed by atoms with Crippen molar-refractivity contribution in [2.24, 2.45) is 0 Å². The predicted molar refractivity (Wildman–Crippen MR) is 93.4 cm³/mol. The van der Waals surface area contributed by atoms with Gasteiger partial charge in [0.25, 0.3) is 0 Å².